The molecule has 7 nitrogen and oxygen atoms in total. The van der Waals surface area contributed by atoms with Crippen LogP contribution in [-0.4, -0.2) is 33.8 Å². The van der Waals surface area contributed by atoms with Gasteiger partial charge in [0.1, 0.15) is 5.00 Å². The van der Waals surface area contributed by atoms with Gasteiger partial charge in [0.15, 0.2) is 5.16 Å². The Kier molecular flexibility index (Phi) is 7.73. The second-order valence-electron chi connectivity index (χ2n) is 7.39. The number of thioether (sulfide) groups is 1. The van der Waals surface area contributed by atoms with Gasteiger partial charge in [-0.1, -0.05) is 30.8 Å². The number of para-hydroxylation sites is 1. The van der Waals surface area contributed by atoms with E-state index in [9.17, 15) is 14.4 Å². The number of nitrogens with one attached hydrogen (secondary N) is 1. The lowest BCUT2D eigenvalue weighted by molar-refractivity contribution is -0.113. The van der Waals surface area contributed by atoms with Crippen LogP contribution < -0.4 is 10.9 Å². The van der Waals surface area contributed by atoms with Crippen LogP contribution in [0.4, 0.5) is 5.00 Å². The molecule has 3 rings (SSSR count). The fraction of sp³-hybridized carbons (Fsp3) is 0.391. The van der Waals surface area contributed by atoms with E-state index in [1.54, 1.807) is 23.6 Å². The van der Waals surface area contributed by atoms with Crippen LogP contribution in [0.5, 0.6) is 0 Å². The van der Waals surface area contributed by atoms with Crippen molar-refractivity contribution in [1.82, 2.24) is 9.55 Å². The molecule has 1 N–H and O–H groups in total. The number of hydrogen-bond donors (Lipinski definition) is 1. The van der Waals surface area contributed by atoms with Crippen LogP contribution >= 0.6 is 23.1 Å². The van der Waals surface area contributed by atoms with E-state index in [-0.39, 0.29) is 29.9 Å². The van der Waals surface area contributed by atoms with Gasteiger partial charge in [-0.05, 0) is 51.8 Å². The number of carbonyl (C=O) groups excluding carboxylic acids is 2. The molecular formula is C23H27N3O4S2. The highest BCUT2D eigenvalue weighted by Crippen LogP contribution is 2.33. The number of hydrogen-bond acceptors (Lipinski definition) is 7. The van der Waals surface area contributed by atoms with Crippen molar-refractivity contribution in [3.05, 3.63) is 50.6 Å². The third kappa shape index (κ3) is 4.88. The van der Waals surface area contributed by atoms with Gasteiger partial charge in [-0.25, -0.2) is 9.78 Å². The van der Waals surface area contributed by atoms with Gasteiger partial charge in [0, 0.05) is 10.9 Å². The number of amides is 1. The zero-order chi connectivity index (χ0) is 23.4. The zero-order valence-corrected chi connectivity index (χ0v) is 20.5. The van der Waals surface area contributed by atoms with E-state index in [0.717, 1.165) is 16.9 Å². The number of ether oxygens (including phenoxy) is 1. The number of benzene rings is 1. The summed E-state index contributed by atoms with van der Waals surface area (Å²) in [4.78, 5) is 43.8. The Labute approximate surface area is 195 Å². The van der Waals surface area contributed by atoms with Crippen molar-refractivity contribution >= 4 is 50.9 Å². The molecule has 1 atom stereocenters. The molecule has 0 saturated heterocycles. The second kappa shape index (κ2) is 10.3. The molecule has 0 spiro atoms. The maximum absolute atomic E-state index is 13.1. The first-order valence-electron chi connectivity index (χ1n) is 10.5. The number of carbonyl (C=O) groups is 2. The highest BCUT2D eigenvalue weighted by Gasteiger charge is 2.23. The number of aromatic nitrogens is 2. The largest absolute Gasteiger partial charge is 0.462 e. The third-order valence-electron chi connectivity index (χ3n) is 5.26. The number of thiophene rings is 1. The summed E-state index contributed by atoms with van der Waals surface area (Å²) in [6.07, 6.45) is 0.760. The minimum Gasteiger partial charge on any atom is -0.462 e. The average molecular weight is 474 g/mol. The molecule has 2 aromatic heterocycles. The van der Waals surface area contributed by atoms with Gasteiger partial charge in [0.2, 0.25) is 5.91 Å². The molecule has 3 aromatic rings. The Morgan fingerprint density at radius 1 is 1.25 bits per heavy atom. The minimum absolute atomic E-state index is 0.0526. The van der Waals surface area contributed by atoms with E-state index >= 15 is 0 Å². The first kappa shape index (κ1) is 24.0. The van der Waals surface area contributed by atoms with Crippen LogP contribution in [0.3, 0.4) is 0 Å². The predicted octanol–water partition coefficient (Wildman–Crippen LogP) is 4.95. The van der Waals surface area contributed by atoms with E-state index in [2.05, 4.69) is 10.3 Å². The first-order valence-corrected chi connectivity index (χ1v) is 12.3. The van der Waals surface area contributed by atoms with Crippen molar-refractivity contribution in [1.29, 1.82) is 0 Å². The number of fused-ring (bicyclic) bond motifs is 1. The molecule has 0 bridgehead atoms. The summed E-state index contributed by atoms with van der Waals surface area (Å²) in [5.41, 5.74) is 1.70. The smallest absolute Gasteiger partial charge is 0.341 e. The van der Waals surface area contributed by atoms with Crippen molar-refractivity contribution < 1.29 is 14.3 Å². The fourth-order valence-corrected chi connectivity index (χ4v) is 5.22. The number of aryl methyl sites for hydroxylation is 1. The van der Waals surface area contributed by atoms with Crippen molar-refractivity contribution in [2.24, 2.45) is 0 Å². The predicted molar refractivity (Wildman–Crippen MR) is 130 cm³/mol. The molecule has 0 aliphatic rings. The molecule has 0 aliphatic carbocycles. The van der Waals surface area contributed by atoms with Crippen LogP contribution in [0.2, 0.25) is 0 Å². The van der Waals surface area contributed by atoms with Crippen LogP contribution in [0, 0.1) is 13.8 Å². The van der Waals surface area contributed by atoms with Crippen LogP contribution in [-0.2, 0) is 9.53 Å². The average Bonchev–Trinajstić information content (AvgIpc) is 3.05. The Morgan fingerprint density at radius 3 is 2.66 bits per heavy atom. The van der Waals surface area contributed by atoms with Crippen molar-refractivity contribution in [2.45, 2.75) is 52.2 Å². The standard InChI is InChI=1S/C23H27N3O4S2/c1-6-13(3)26-21(28)16-10-8-9-11-17(16)24-23(26)31-12-18(27)25-20-19(22(29)30-7-2)14(4)15(5)32-20/h8-11,13H,6-7,12H2,1-5H3,(H,25,27). The lowest BCUT2D eigenvalue weighted by atomic mass is 10.1. The minimum atomic E-state index is -0.445. The van der Waals surface area contributed by atoms with Gasteiger partial charge in [-0.3, -0.25) is 14.2 Å². The Balaban J connectivity index is 1.85. The summed E-state index contributed by atoms with van der Waals surface area (Å²) in [7, 11) is 0. The summed E-state index contributed by atoms with van der Waals surface area (Å²) < 4.78 is 6.80. The van der Waals surface area contributed by atoms with Crippen molar-refractivity contribution in [2.75, 3.05) is 17.7 Å². The number of esters is 1. The normalized spacial score (nSPS) is 12.0. The lowest BCUT2D eigenvalue weighted by Crippen LogP contribution is -2.26. The van der Waals surface area contributed by atoms with Crippen LogP contribution in [0.25, 0.3) is 10.9 Å². The summed E-state index contributed by atoms with van der Waals surface area (Å²) in [6.45, 7) is 9.71. The molecule has 1 amide bonds. The number of nitrogens with zero attached hydrogens (tertiary/aromatic N) is 2. The molecule has 9 heteroatoms. The van der Waals surface area contributed by atoms with Gasteiger partial charge in [0.05, 0.1) is 28.8 Å². The highest BCUT2D eigenvalue weighted by molar-refractivity contribution is 7.99. The van der Waals surface area contributed by atoms with Gasteiger partial charge >= 0.3 is 5.97 Å². The monoisotopic (exact) mass is 473 g/mol. The summed E-state index contributed by atoms with van der Waals surface area (Å²) >= 11 is 2.56. The van der Waals surface area contributed by atoms with Crippen molar-refractivity contribution in [3.8, 4) is 0 Å². The molecular weight excluding hydrogens is 446 g/mol. The lowest BCUT2D eigenvalue weighted by Gasteiger charge is -2.18. The molecule has 0 saturated carbocycles. The SMILES string of the molecule is CCOC(=O)c1c(NC(=O)CSc2nc3ccccc3c(=O)n2C(C)CC)sc(C)c1C. The Morgan fingerprint density at radius 2 is 1.97 bits per heavy atom. The molecule has 2 heterocycles. The van der Waals surface area contributed by atoms with Gasteiger partial charge in [-0.15, -0.1) is 11.3 Å². The third-order valence-corrected chi connectivity index (χ3v) is 7.33. The van der Waals surface area contributed by atoms with Crippen molar-refractivity contribution in [3.63, 3.8) is 0 Å². The maximum atomic E-state index is 13.1. The van der Waals surface area contributed by atoms with Gasteiger partial charge in [0.25, 0.3) is 5.56 Å². The topological polar surface area (TPSA) is 90.3 Å². The van der Waals surface area contributed by atoms with E-state index < -0.39 is 5.97 Å². The highest BCUT2D eigenvalue weighted by atomic mass is 32.2. The Hall–Kier alpha value is -2.65. The molecule has 0 radical (unpaired) electrons. The second-order valence-corrected chi connectivity index (χ2v) is 9.56. The van der Waals surface area contributed by atoms with Gasteiger partial charge in [-0.2, -0.15) is 0 Å². The Bertz CT molecular complexity index is 1220. The van der Waals surface area contributed by atoms with Crippen LogP contribution in [0.15, 0.2) is 34.2 Å². The van der Waals surface area contributed by atoms with E-state index in [0.29, 0.717) is 26.6 Å². The first-order chi connectivity index (χ1) is 15.3. The molecule has 1 unspecified atom stereocenters. The zero-order valence-electron chi connectivity index (χ0n) is 18.9. The summed E-state index contributed by atoms with van der Waals surface area (Å²) in [5.74, 6) is -0.668. The number of anilines is 1. The molecule has 32 heavy (non-hydrogen) atoms. The fourth-order valence-electron chi connectivity index (χ4n) is 3.26. The summed E-state index contributed by atoms with van der Waals surface area (Å²) in [6, 6.07) is 7.16. The van der Waals surface area contributed by atoms with Gasteiger partial charge < -0.3 is 10.1 Å². The van der Waals surface area contributed by atoms with E-state index in [1.807, 2.05) is 39.8 Å². The quantitative estimate of drug-likeness (QED) is 0.283. The molecule has 1 aromatic carbocycles. The maximum Gasteiger partial charge on any atom is 0.341 e. The van der Waals surface area contributed by atoms with E-state index in [4.69, 9.17) is 4.74 Å². The molecule has 0 aliphatic heterocycles. The number of rotatable bonds is 8. The molecule has 170 valence electrons. The molecule has 0 fully saturated rings. The summed E-state index contributed by atoms with van der Waals surface area (Å²) in [5, 5.41) is 4.38. The van der Waals surface area contributed by atoms with Crippen LogP contribution in [0.1, 0.15) is 54.0 Å². The van der Waals surface area contributed by atoms with E-state index in [1.165, 1.54) is 23.1 Å².